The maximum Gasteiger partial charge on any atom is 0.354 e. The first-order chi connectivity index (χ1) is 19.4. The van der Waals surface area contributed by atoms with E-state index in [0.717, 1.165) is 63.1 Å². The van der Waals surface area contributed by atoms with Gasteiger partial charge in [0.05, 0.1) is 12.6 Å². The summed E-state index contributed by atoms with van der Waals surface area (Å²) in [6, 6.07) is 12.1. The highest BCUT2D eigenvalue weighted by molar-refractivity contribution is 5.88. The third-order valence-corrected chi connectivity index (χ3v) is 7.58. The normalized spacial score (nSPS) is 17.6. The quantitative estimate of drug-likeness (QED) is 0.323. The summed E-state index contributed by atoms with van der Waals surface area (Å²) in [5.74, 6) is 0.130. The Hall–Kier alpha value is -4.12. The Morgan fingerprint density at radius 1 is 1.05 bits per heavy atom. The van der Waals surface area contributed by atoms with E-state index in [2.05, 4.69) is 14.9 Å². The van der Waals surface area contributed by atoms with E-state index in [4.69, 9.17) is 14.5 Å². The number of halogens is 2. The van der Waals surface area contributed by atoms with E-state index >= 15 is 0 Å². The van der Waals surface area contributed by atoms with Gasteiger partial charge in [0.15, 0.2) is 11.3 Å². The first-order valence-corrected chi connectivity index (χ1v) is 13.4. The van der Waals surface area contributed by atoms with Crippen molar-refractivity contribution in [2.75, 3.05) is 24.6 Å². The van der Waals surface area contributed by atoms with Gasteiger partial charge in [-0.05, 0) is 55.5 Å². The molecule has 208 valence electrons. The van der Waals surface area contributed by atoms with Crippen LogP contribution in [0.25, 0.3) is 11.2 Å². The van der Waals surface area contributed by atoms with Gasteiger partial charge in [0.25, 0.3) is 0 Å². The van der Waals surface area contributed by atoms with Gasteiger partial charge in [0.2, 0.25) is 5.88 Å². The van der Waals surface area contributed by atoms with Crippen LogP contribution in [0.5, 0.6) is 5.88 Å². The Balaban J connectivity index is 1.11. The standard InChI is InChI=1S/C29H29F2N5O4/c30-20-5-4-19(22(31)15-20)17-40-27-3-1-2-25(34-27)35-11-8-18(9-12-35)14-26-32-23-6-7-24(29(37)38)33-28(23)36(26)16-21-10-13-39-21/h1-7,15,18,21H,8-14,16-17H2,(H,37,38). The van der Waals surface area contributed by atoms with Crippen LogP contribution in [-0.2, 0) is 24.3 Å². The number of aromatic carboxylic acids is 1. The van der Waals surface area contributed by atoms with Gasteiger partial charge in [-0.15, -0.1) is 0 Å². The number of rotatable bonds is 9. The molecule has 2 aliphatic rings. The van der Waals surface area contributed by atoms with Crippen LogP contribution >= 0.6 is 0 Å². The number of hydrogen-bond donors (Lipinski definition) is 1. The number of carboxylic acids is 1. The average Bonchev–Trinajstić information content (AvgIpc) is 3.26. The molecule has 9 nitrogen and oxygen atoms in total. The van der Waals surface area contributed by atoms with Crippen LogP contribution in [0.1, 0.15) is 41.1 Å². The highest BCUT2D eigenvalue weighted by Crippen LogP contribution is 2.28. The molecule has 3 aromatic heterocycles. The zero-order valence-electron chi connectivity index (χ0n) is 21.8. The number of anilines is 1. The molecule has 1 atom stereocenters. The second-order valence-electron chi connectivity index (χ2n) is 10.3. The highest BCUT2D eigenvalue weighted by Gasteiger charge is 2.26. The van der Waals surface area contributed by atoms with Gasteiger partial charge >= 0.3 is 5.97 Å². The van der Waals surface area contributed by atoms with Gasteiger partial charge in [-0.2, -0.15) is 4.98 Å². The van der Waals surface area contributed by atoms with E-state index in [0.29, 0.717) is 29.5 Å². The van der Waals surface area contributed by atoms with Crippen molar-refractivity contribution >= 4 is 23.0 Å². The highest BCUT2D eigenvalue weighted by atomic mass is 19.1. The summed E-state index contributed by atoms with van der Waals surface area (Å²) in [6.07, 6.45) is 3.69. The summed E-state index contributed by atoms with van der Waals surface area (Å²) in [4.78, 5) is 27.5. The second-order valence-corrected chi connectivity index (χ2v) is 10.3. The number of aromatic nitrogens is 4. The van der Waals surface area contributed by atoms with Gasteiger partial charge in [0.1, 0.15) is 35.4 Å². The molecule has 0 amide bonds. The first-order valence-electron chi connectivity index (χ1n) is 13.4. The molecule has 6 rings (SSSR count). The number of benzene rings is 1. The number of carbonyl (C=O) groups is 1. The predicted molar refractivity (Wildman–Crippen MR) is 142 cm³/mol. The largest absolute Gasteiger partial charge is 0.477 e. The molecular weight excluding hydrogens is 520 g/mol. The van der Waals surface area contributed by atoms with E-state index in [1.165, 1.54) is 18.2 Å². The fourth-order valence-electron chi connectivity index (χ4n) is 5.22. The predicted octanol–water partition coefficient (Wildman–Crippen LogP) is 4.63. The monoisotopic (exact) mass is 549 g/mol. The van der Waals surface area contributed by atoms with Gasteiger partial charge in [-0.3, -0.25) is 0 Å². The van der Waals surface area contributed by atoms with Crippen molar-refractivity contribution in [1.29, 1.82) is 0 Å². The number of ether oxygens (including phenoxy) is 2. The van der Waals surface area contributed by atoms with Crippen molar-refractivity contribution in [2.45, 2.75) is 44.9 Å². The number of imidazole rings is 1. The molecule has 40 heavy (non-hydrogen) atoms. The minimum Gasteiger partial charge on any atom is -0.477 e. The number of pyridine rings is 2. The lowest BCUT2D eigenvalue weighted by Crippen LogP contribution is -2.35. The van der Waals surface area contributed by atoms with Crippen LogP contribution in [0.2, 0.25) is 0 Å². The molecule has 2 fully saturated rings. The third-order valence-electron chi connectivity index (χ3n) is 7.58. The molecule has 4 aromatic rings. The summed E-state index contributed by atoms with van der Waals surface area (Å²) in [7, 11) is 0. The zero-order chi connectivity index (χ0) is 27.6. The molecule has 5 heterocycles. The van der Waals surface area contributed by atoms with Crippen molar-refractivity contribution in [3.05, 3.63) is 77.2 Å². The van der Waals surface area contributed by atoms with Crippen molar-refractivity contribution < 1.29 is 28.2 Å². The Labute approximate surface area is 229 Å². The average molecular weight is 550 g/mol. The Bertz CT molecular complexity index is 1530. The smallest absolute Gasteiger partial charge is 0.354 e. The summed E-state index contributed by atoms with van der Waals surface area (Å²) < 4.78 is 40.5. The van der Waals surface area contributed by atoms with Gasteiger partial charge in [0, 0.05) is 43.8 Å². The van der Waals surface area contributed by atoms with Crippen LogP contribution < -0.4 is 9.64 Å². The zero-order valence-corrected chi connectivity index (χ0v) is 21.8. The lowest BCUT2D eigenvalue weighted by atomic mass is 9.93. The second kappa shape index (κ2) is 11.2. The van der Waals surface area contributed by atoms with Crippen molar-refractivity contribution in [3.8, 4) is 5.88 Å². The molecule has 11 heteroatoms. The first kappa shape index (κ1) is 26.1. The molecule has 2 saturated heterocycles. The van der Waals surface area contributed by atoms with Gasteiger partial charge < -0.3 is 24.0 Å². The van der Waals surface area contributed by atoms with Crippen LogP contribution in [-0.4, -0.2) is 56.4 Å². The SMILES string of the molecule is O=C(O)c1ccc2nc(CC3CCN(c4cccc(OCc5ccc(F)cc5F)n4)CC3)n(CC3CCO3)c2n1. The summed E-state index contributed by atoms with van der Waals surface area (Å²) in [6.45, 7) is 2.92. The summed E-state index contributed by atoms with van der Waals surface area (Å²) in [5, 5.41) is 9.42. The van der Waals surface area contributed by atoms with Crippen LogP contribution in [0, 0.1) is 17.6 Å². The van der Waals surface area contributed by atoms with E-state index in [9.17, 15) is 18.7 Å². The number of fused-ring (bicyclic) bond motifs is 1. The fourth-order valence-corrected chi connectivity index (χ4v) is 5.22. The van der Waals surface area contributed by atoms with Crippen LogP contribution in [0.3, 0.4) is 0 Å². The molecular formula is C29H29F2N5O4. The molecule has 0 saturated carbocycles. The lowest BCUT2D eigenvalue weighted by Gasteiger charge is -2.33. The molecule has 0 bridgehead atoms. The van der Waals surface area contributed by atoms with E-state index in [1.807, 2.05) is 16.7 Å². The van der Waals surface area contributed by atoms with Gasteiger partial charge in [-0.1, -0.05) is 6.07 Å². The fraction of sp³-hybridized carbons (Fsp3) is 0.379. The number of hydrogen-bond acceptors (Lipinski definition) is 7. The Morgan fingerprint density at radius 2 is 1.88 bits per heavy atom. The topological polar surface area (TPSA) is 103 Å². The summed E-state index contributed by atoms with van der Waals surface area (Å²) in [5.41, 5.74) is 1.55. The lowest BCUT2D eigenvalue weighted by molar-refractivity contribution is -0.0591. The van der Waals surface area contributed by atoms with Crippen LogP contribution in [0.4, 0.5) is 14.6 Å². The summed E-state index contributed by atoms with van der Waals surface area (Å²) >= 11 is 0. The number of nitrogens with zero attached hydrogens (tertiary/aromatic N) is 5. The number of carboxylic acid groups (broad SMARTS) is 1. The Kier molecular flexibility index (Phi) is 7.29. The minimum atomic E-state index is -1.06. The molecule has 0 radical (unpaired) electrons. The minimum absolute atomic E-state index is 0.00421. The van der Waals surface area contributed by atoms with Crippen molar-refractivity contribution in [1.82, 2.24) is 19.5 Å². The van der Waals surface area contributed by atoms with Crippen molar-refractivity contribution in [3.63, 3.8) is 0 Å². The third kappa shape index (κ3) is 5.60. The maximum absolute atomic E-state index is 13.9. The molecule has 0 aliphatic carbocycles. The number of piperidine rings is 1. The maximum atomic E-state index is 13.9. The van der Waals surface area contributed by atoms with Gasteiger partial charge in [-0.25, -0.2) is 23.5 Å². The van der Waals surface area contributed by atoms with Crippen molar-refractivity contribution in [2.24, 2.45) is 5.92 Å². The van der Waals surface area contributed by atoms with E-state index in [-0.39, 0.29) is 24.0 Å². The van der Waals surface area contributed by atoms with E-state index < -0.39 is 17.6 Å². The Morgan fingerprint density at radius 3 is 2.60 bits per heavy atom. The molecule has 0 spiro atoms. The molecule has 1 unspecified atom stereocenters. The molecule has 1 aromatic carbocycles. The van der Waals surface area contributed by atoms with Crippen LogP contribution in [0.15, 0.2) is 48.5 Å². The van der Waals surface area contributed by atoms with E-state index in [1.54, 1.807) is 12.1 Å². The molecule has 1 N–H and O–H groups in total. The molecule has 2 aliphatic heterocycles.